The van der Waals surface area contributed by atoms with E-state index in [4.69, 9.17) is 19.0 Å². The molecule has 0 aromatic carbocycles. The zero-order valence-electron chi connectivity index (χ0n) is 8.81. The minimum Gasteiger partial charge on any atom is -0.467 e. The fourth-order valence-electron chi connectivity index (χ4n) is 1.13. The average Bonchev–Trinajstić information content (AvgIpc) is 2.24. The molecule has 0 aromatic heterocycles. The van der Waals surface area contributed by atoms with E-state index in [2.05, 4.69) is 14.2 Å². The molecule has 0 aliphatic heterocycles. The van der Waals surface area contributed by atoms with Crippen LogP contribution in [-0.4, -0.2) is 39.5 Å². The first-order valence-electron chi connectivity index (χ1n) is 4.51. The molecule has 0 amide bonds. The lowest BCUT2D eigenvalue weighted by Gasteiger charge is -2.30. The molecule has 0 aliphatic carbocycles. The van der Waals surface area contributed by atoms with Crippen molar-refractivity contribution in [1.29, 1.82) is 0 Å². The summed E-state index contributed by atoms with van der Waals surface area (Å²) in [6.45, 7) is 3.32. The Morgan fingerprint density at radius 1 is 1.13 bits per heavy atom. The van der Waals surface area contributed by atoms with E-state index in [1.807, 2.05) is 6.92 Å². The predicted molar refractivity (Wildman–Crippen MR) is 51.4 cm³/mol. The molecule has 0 unspecified atom stereocenters. The Hall–Kier alpha value is -0.650. The Bertz CT molecular complexity index is 154. The molecule has 5 nitrogen and oxygen atoms in total. The van der Waals surface area contributed by atoms with Gasteiger partial charge in [0.25, 0.3) is 6.47 Å². The zero-order valence-corrected chi connectivity index (χ0v) is 8.81. The first-order chi connectivity index (χ1) is 7.24. The van der Waals surface area contributed by atoms with Gasteiger partial charge in [0.05, 0.1) is 25.2 Å². The third kappa shape index (κ3) is 5.71. The van der Waals surface area contributed by atoms with Gasteiger partial charge in [-0.2, -0.15) is 0 Å². The molecule has 0 aromatic rings. The van der Waals surface area contributed by atoms with Gasteiger partial charge in [-0.3, -0.25) is 4.79 Å². The highest BCUT2D eigenvalue weighted by molar-refractivity contribution is 5.37. The van der Waals surface area contributed by atoms with E-state index in [1.165, 1.54) is 0 Å². The van der Waals surface area contributed by atoms with Gasteiger partial charge >= 0.3 is 0 Å². The van der Waals surface area contributed by atoms with Crippen LogP contribution in [0.4, 0.5) is 0 Å². The largest absolute Gasteiger partial charge is 0.467 e. The highest BCUT2D eigenvalue weighted by Gasteiger charge is 2.32. The van der Waals surface area contributed by atoms with Gasteiger partial charge in [-0.05, 0) is 6.92 Å². The number of ether oxygens (including phenoxy) is 4. The maximum atomic E-state index is 10.1. The molecule has 15 heavy (non-hydrogen) atoms. The van der Waals surface area contributed by atoms with Crippen molar-refractivity contribution in [3.8, 4) is 0 Å². The van der Waals surface area contributed by atoms with E-state index in [9.17, 15) is 4.79 Å². The summed E-state index contributed by atoms with van der Waals surface area (Å²) in [5.41, 5.74) is -0.666. The second kappa shape index (κ2) is 8.64. The van der Waals surface area contributed by atoms with Gasteiger partial charge in [-0.1, -0.05) is 0 Å². The van der Waals surface area contributed by atoms with Crippen LogP contribution in [0.25, 0.3) is 0 Å². The lowest BCUT2D eigenvalue weighted by Crippen LogP contribution is -2.40. The monoisotopic (exact) mass is 216 g/mol. The summed E-state index contributed by atoms with van der Waals surface area (Å²) in [4.78, 5) is 10.1. The second-order valence-corrected chi connectivity index (χ2v) is 3.17. The van der Waals surface area contributed by atoms with E-state index < -0.39 is 5.41 Å². The topological polar surface area (TPSA) is 54.0 Å². The molecule has 0 heterocycles. The smallest absolute Gasteiger partial charge is 0.293 e. The van der Waals surface area contributed by atoms with Crippen LogP contribution in [0.3, 0.4) is 0 Å². The SMILES string of the molecule is [CH]OCC(CO[CH])(COC=O)COCC. The van der Waals surface area contributed by atoms with Crippen LogP contribution in [0.5, 0.6) is 0 Å². The molecular weight excluding hydrogens is 200 g/mol. The summed E-state index contributed by atoms with van der Waals surface area (Å²) in [7, 11) is 9.99. The van der Waals surface area contributed by atoms with Crippen LogP contribution >= 0.6 is 0 Å². The number of rotatable bonds is 10. The van der Waals surface area contributed by atoms with Crippen LogP contribution in [0.15, 0.2) is 0 Å². The molecule has 0 saturated heterocycles. The molecular formula is C10H16O5. The summed E-state index contributed by atoms with van der Waals surface area (Å²) in [6.07, 6.45) is 0. The zero-order chi connectivity index (χ0) is 11.6. The van der Waals surface area contributed by atoms with Crippen LogP contribution in [0.2, 0.25) is 0 Å². The standard InChI is InChI=1S/C10H16O5/c1-4-14-7-10(5-12-2,6-13-3)8-15-9-11/h2-3,9H,4-8H2,1H3. The molecule has 0 atom stereocenters. The Labute approximate surface area is 90.6 Å². The minimum absolute atomic E-state index is 0.0743. The summed E-state index contributed by atoms with van der Waals surface area (Å²) < 4.78 is 19.0. The summed E-state index contributed by atoms with van der Waals surface area (Å²) >= 11 is 0. The summed E-state index contributed by atoms with van der Waals surface area (Å²) in [5.74, 6) is 0. The number of hydrogen-bond donors (Lipinski definition) is 0. The molecule has 0 aliphatic rings. The van der Waals surface area contributed by atoms with E-state index in [0.29, 0.717) is 13.1 Å². The van der Waals surface area contributed by atoms with Crippen molar-refractivity contribution < 1.29 is 23.7 Å². The van der Waals surface area contributed by atoms with Crippen molar-refractivity contribution in [1.82, 2.24) is 0 Å². The molecule has 86 valence electrons. The van der Waals surface area contributed by atoms with Crippen LogP contribution < -0.4 is 0 Å². The van der Waals surface area contributed by atoms with Crippen LogP contribution in [-0.2, 0) is 23.7 Å². The fraction of sp³-hybridized carbons (Fsp3) is 0.700. The molecule has 0 spiro atoms. The highest BCUT2D eigenvalue weighted by atomic mass is 16.5. The fourth-order valence-corrected chi connectivity index (χ4v) is 1.13. The van der Waals surface area contributed by atoms with Gasteiger partial charge in [-0.25, -0.2) is 0 Å². The van der Waals surface area contributed by atoms with Gasteiger partial charge in [0.2, 0.25) is 0 Å². The molecule has 4 radical (unpaired) electrons. The van der Waals surface area contributed by atoms with Gasteiger partial charge in [0.15, 0.2) is 0 Å². The Morgan fingerprint density at radius 3 is 2.13 bits per heavy atom. The molecule has 0 rings (SSSR count). The molecule has 0 fully saturated rings. The Kier molecular flexibility index (Phi) is 8.27. The summed E-state index contributed by atoms with van der Waals surface area (Å²) in [5, 5.41) is 0. The van der Waals surface area contributed by atoms with Crippen molar-refractivity contribution in [3.63, 3.8) is 0 Å². The molecule has 5 heteroatoms. The van der Waals surface area contributed by atoms with Crippen molar-refractivity contribution >= 4 is 6.47 Å². The van der Waals surface area contributed by atoms with Crippen molar-refractivity contribution in [2.45, 2.75) is 6.92 Å². The minimum atomic E-state index is -0.666. The first kappa shape index (κ1) is 14.3. The maximum absolute atomic E-state index is 10.1. The van der Waals surface area contributed by atoms with Crippen molar-refractivity contribution in [3.05, 3.63) is 14.2 Å². The van der Waals surface area contributed by atoms with Gasteiger partial charge in [0, 0.05) is 6.61 Å². The highest BCUT2D eigenvalue weighted by Crippen LogP contribution is 2.19. The lowest BCUT2D eigenvalue weighted by molar-refractivity contribution is -0.138. The number of hydrogen-bond acceptors (Lipinski definition) is 5. The lowest BCUT2D eigenvalue weighted by atomic mass is 9.92. The third-order valence-electron chi connectivity index (χ3n) is 1.85. The van der Waals surface area contributed by atoms with Crippen LogP contribution in [0.1, 0.15) is 6.92 Å². The van der Waals surface area contributed by atoms with Gasteiger partial charge in [-0.15, -0.1) is 0 Å². The number of carbonyl (C=O) groups is 1. The van der Waals surface area contributed by atoms with Crippen LogP contribution in [0, 0.1) is 19.6 Å². The number of carbonyl (C=O) groups excluding carboxylic acids is 1. The Morgan fingerprint density at radius 2 is 1.73 bits per heavy atom. The maximum Gasteiger partial charge on any atom is 0.293 e. The van der Waals surface area contributed by atoms with Crippen molar-refractivity contribution in [2.24, 2.45) is 5.41 Å². The molecule has 0 N–H and O–H groups in total. The van der Waals surface area contributed by atoms with Crippen molar-refractivity contribution in [2.75, 3.05) is 33.0 Å². The third-order valence-corrected chi connectivity index (χ3v) is 1.85. The first-order valence-corrected chi connectivity index (χ1v) is 4.51. The predicted octanol–water partition coefficient (Wildman–Crippen LogP) is 0.553. The normalized spacial score (nSPS) is 11.4. The van der Waals surface area contributed by atoms with Gasteiger partial charge < -0.3 is 18.9 Å². The van der Waals surface area contributed by atoms with E-state index in [-0.39, 0.29) is 26.4 Å². The van der Waals surface area contributed by atoms with Gasteiger partial charge in [0.1, 0.15) is 20.8 Å². The second-order valence-electron chi connectivity index (χ2n) is 3.17. The molecule has 0 bridgehead atoms. The average molecular weight is 216 g/mol. The summed E-state index contributed by atoms with van der Waals surface area (Å²) in [6, 6.07) is 0. The van der Waals surface area contributed by atoms with E-state index in [0.717, 1.165) is 0 Å². The quantitative estimate of drug-likeness (QED) is 0.499. The Balaban J connectivity index is 4.32. The van der Waals surface area contributed by atoms with E-state index in [1.54, 1.807) is 0 Å². The van der Waals surface area contributed by atoms with E-state index >= 15 is 0 Å². The molecule has 0 saturated carbocycles.